The monoisotopic (exact) mass is 367 g/mol. The third-order valence-electron chi connectivity index (χ3n) is 4.66. The Labute approximate surface area is 155 Å². The minimum Gasteiger partial charge on any atom is -0.480 e. The topological polar surface area (TPSA) is 105 Å². The van der Waals surface area contributed by atoms with Crippen LogP contribution in [0, 0.1) is 0 Å². The minimum atomic E-state index is -0.636. The van der Waals surface area contributed by atoms with E-state index in [4.69, 9.17) is 10.8 Å². The van der Waals surface area contributed by atoms with Gasteiger partial charge in [-0.25, -0.2) is 0 Å². The Balaban J connectivity index is 1.71. The minimum absolute atomic E-state index is 0.133. The molecule has 4 bridgehead atoms. The number of carbonyl (C=O) groups excluding carboxylic acids is 1. The molecule has 4 heterocycles. The lowest BCUT2D eigenvalue weighted by molar-refractivity contribution is -0.157. The molecule has 1 saturated heterocycles. The highest BCUT2D eigenvalue weighted by molar-refractivity contribution is 5.99. The number of amides is 1. The molecule has 0 atom stereocenters. The summed E-state index contributed by atoms with van der Waals surface area (Å²) in [4.78, 5) is 20.3. The number of nitrogens with one attached hydrogen (secondary N) is 3. The van der Waals surface area contributed by atoms with E-state index in [2.05, 4.69) is 25.7 Å². The number of nitrogens with zero attached hydrogens (tertiary/aromatic N) is 3. The molecule has 27 heavy (non-hydrogen) atoms. The largest absolute Gasteiger partial charge is 0.480 e. The summed E-state index contributed by atoms with van der Waals surface area (Å²) in [5.74, 6) is 0.879. The smallest absolute Gasteiger partial charge is 0.256 e. The molecule has 2 aromatic heterocycles. The Morgan fingerprint density at radius 3 is 3.04 bits per heavy atom. The first kappa shape index (κ1) is 14.8. The number of hydrogen-bond donors (Lipinski definition) is 3. The molecule has 0 radical (unpaired) electrons. The molecule has 1 spiro atoms. The predicted octanol–water partition coefficient (Wildman–Crippen LogP) is 0.828. The van der Waals surface area contributed by atoms with Gasteiger partial charge in [0.25, 0.3) is 5.91 Å². The number of aromatic nitrogens is 3. The van der Waals surface area contributed by atoms with Crippen LogP contribution >= 0.6 is 0 Å². The molecule has 1 aromatic carbocycles. The van der Waals surface area contributed by atoms with Crippen molar-refractivity contribution in [2.45, 2.75) is 5.60 Å². The summed E-state index contributed by atoms with van der Waals surface area (Å²) >= 11 is 0. The quantitative estimate of drug-likeness (QED) is 0.546. The number of H-pyrrole nitrogens is 1. The molecule has 1 amide bonds. The fourth-order valence-corrected chi connectivity index (χ4v) is 3.23. The number of anilines is 2. The summed E-state index contributed by atoms with van der Waals surface area (Å²) in [6, 6.07) is 9.30. The van der Waals surface area contributed by atoms with Crippen molar-refractivity contribution in [2.75, 3.05) is 32.1 Å². The molecule has 0 saturated carbocycles. The van der Waals surface area contributed by atoms with Crippen LogP contribution in [0.25, 0.3) is 5.65 Å². The van der Waals surface area contributed by atoms with E-state index in [1.165, 1.54) is 4.52 Å². The lowest BCUT2D eigenvalue weighted by Crippen LogP contribution is -2.61. The second kappa shape index (κ2) is 5.85. The Morgan fingerprint density at radius 2 is 2.26 bits per heavy atom. The Kier molecular flexibility index (Phi) is 3.20. The third kappa shape index (κ3) is 2.63. The Bertz CT molecular complexity index is 1160. The van der Waals surface area contributed by atoms with E-state index in [9.17, 15) is 4.79 Å². The van der Waals surface area contributed by atoms with Crippen molar-refractivity contribution < 1.29 is 15.6 Å². The summed E-state index contributed by atoms with van der Waals surface area (Å²) in [7, 11) is 1.63. The first-order valence-corrected chi connectivity index (χ1v) is 8.54. The van der Waals surface area contributed by atoms with Gasteiger partial charge in [-0.3, -0.25) is 9.79 Å². The number of carbonyl (C=O) groups is 1. The van der Waals surface area contributed by atoms with Crippen LogP contribution in [0.5, 0.6) is 5.75 Å². The molecule has 2 aliphatic rings. The van der Waals surface area contributed by atoms with Gasteiger partial charge in [0.15, 0.2) is 11.1 Å². The van der Waals surface area contributed by atoms with Crippen molar-refractivity contribution in [3.8, 4) is 5.75 Å². The second-order valence-corrected chi connectivity index (χ2v) is 6.63. The summed E-state index contributed by atoms with van der Waals surface area (Å²) in [6.45, 7) is 1.01. The van der Waals surface area contributed by atoms with Crippen molar-refractivity contribution in [3.05, 3.63) is 47.6 Å². The van der Waals surface area contributed by atoms with E-state index in [-0.39, 0.29) is 18.3 Å². The molecule has 3 N–H and O–H groups in total. The maximum atomic E-state index is 12.9. The van der Waals surface area contributed by atoms with Gasteiger partial charge in [0.2, 0.25) is 0 Å². The lowest BCUT2D eigenvalue weighted by atomic mass is 10.0. The van der Waals surface area contributed by atoms with E-state index in [0.29, 0.717) is 35.9 Å². The van der Waals surface area contributed by atoms with Gasteiger partial charge in [-0.15, -0.1) is 0 Å². The van der Waals surface area contributed by atoms with Crippen molar-refractivity contribution in [3.63, 3.8) is 0 Å². The van der Waals surface area contributed by atoms with Crippen LogP contribution in [0.1, 0.15) is 11.7 Å². The van der Waals surface area contributed by atoms with Gasteiger partial charge < -0.3 is 25.1 Å². The molecule has 2 aliphatic heterocycles. The molecule has 0 unspecified atom stereocenters. The third-order valence-corrected chi connectivity index (χ3v) is 4.66. The zero-order valence-corrected chi connectivity index (χ0v) is 14.6. The number of rotatable bonds is 0. The van der Waals surface area contributed by atoms with Crippen molar-refractivity contribution in [1.82, 2.24) is 19.9 Å². The van der Waals surface area contributed by atoms with Crippen molar-refractivity contribution in [1.29, 1.82) is 0 Å². The summed E-state index contributed by atoms with van der Waals surface area (Å²) in [5, 5.41) is 10.3. The molecule has 5 rings (SSSR count). The number of hydrogen-bond acceptors (Lipinski definition) is 6. The van der Waals surface area contributed by atoms with Crippen LogP contribution in [0.4, 0.5) is 11.5 Å². The summed E-state index contributed by atoms with van der Waals surface area (Å²) in [6.07, 6.45) is -0.133. The van der Waals surface area contributed by atoms with E-state index in [1.807, 2.05) is 24.3 Å². The van der Waals surface area contributed by atoms with Crippen LogP contribution < -0.4 is 20.9 Å². The van der Waals surface area contributed by atoms with Crippen LogP contribution in [-0.2, 0) is 4.74 Å². The van der Waals surface area contributed by atoms with E-state index < -0.39 is 11.5 Å². The normalized spacial score (nSPS) is 19.2. The molecule has 138 valence electrons. The average Bonchev–Trinajstić information content (AvgIpc) is 2.98. The molecule has 1 fully saturated rings. The van der Waals surface area contributed by atoms with Crippen LogP contribution in [0.15, 0.2) is 41.5 Å². The number of aromatic amines is 1. The van der Waals surface area contributed by atoms with Crippen LogP contribution in [0.3, 0.4) is 0 Å². The molecular weight excluding hydrogens is 348 g/mol. The number of ether oxygens (including phenoxy) is 2. The van der Waals surface area contributed by atoms with Gasteiger partial charge in [-0.05, 0) is 12.1 Å². The van der Waals surface area contributed by atoms with Crippen LogP contribution in [-0.4, -0.2) is 52.9 Å². The lowest BCUT2D eigenvalue weighted by Gasteiger charge is -2.41. The SMILES string of the molecule is [2H]c1nn2c(=NC)cc3[nH]c2c1C(=O)NCC1(COC1)Oc1cccc(c1)N3. The highest BCUT2D eigenvalue weighted by Gasteiger charge is 2.42. The Hall–Kier alpha value is -3.33. The highest BCUT2D eigenvalue weighted by atomic mass is 16.6. The van der Waals surface area contributed by atoms with Gasteiger partial charge >= 0.3 is 0 Å². The van der Waals surface area contributed by atoms with Gasteiger partial charge in [-0.1, -0.05) is 6.07 Å². The van der Waals surface area contributed by atoms with Crippen molar-refractivity contribution >= 4 is 23.1 Å². The van der Waals surface area contributed by atoms with Crippen LogP contribution in [0.2, 0.25) is 0 Å². The summed E-state index contributed by atoms with van der Waals surface area (Å²) in [5.41, 5.74) is 1.22. The zero-order chi connectivity index (χ0) is 19.3. The van der Waals surface area contributed by atoms with Crippen molar-refractivity contribution in [2.24, 2.45) is 4.99 Å². The highest BCUT2D eigenvalue weighted by Crippen LogP contribution is 2.28. The molecule has 9 heteroatoms. The van der Waals surface area contributed by atoms with Gasteiger partial charge in [-0.2, -0.15) is 9.61 Å². The fourth-order valence-electron chi connectivity index (χ4n) is 3.23. The zero-order valence-electron chi connectivity index (χ0n) is 15.6. The number of benzene rings is 1. The van der Waals surface area contributed by atoms with Gasteiger partial charge in [0.05, 0.1) is 27.3 Å². The first-order valence-electron chi connectivity index (χ1n) is 9.04. The summed E-state index contributed by atoms with van der Waals surface area (Å²) < 4.78 is 21.1. The maximum Gasteiger partial charge on any atom is 0.256 e. The van der Waals surface area contributed by atoms with Gasteiger partial charge in [0, 0.05) is 24.9 Å². The van der Waals surface area contributed by atoms with E-state index >= 15 is 0 Å². The standard InChI is InChI=1S/C18H18N6O3/c1-19-15-6-14-22-11-3-2-4-12(5-11)27-18(9-26-10-18)8-20-17(25)13-7-21-24(15)16(13)23-14/h2-7,22-23H,8-10H2,1H3,(H,20,25)/i7D. The Morgan fingerprint density at radius 1 is 1.37 bits per heavy atom. The fraction of sp³-hybridized carbons (Fsp3) is 0.278. The maximum absolute atomic E-state index is 12.9. The molecule has 0 aliphatic carbocycles. The number of fused-ring (bicyclic) bond motifs is 3. The van der Waals surface area contributed by atoms with E-state index in [1.54, 1.807) is 13.1 Å². The molecule has 3 aromatic rings. The predicted molar refractivity (Wildman–Crippen MR) is 97.3 cm³/mol. The first-order chi connectivity index (χ1) is 13.6. The van der Waals surface area contributed by atoms with E-state index in [0.717, 1.165) is 5.69 Å². The molecule has 9 nitrogen and oxygen atoms in total. The van der Waals surface area contributed by atoms with Gasteiger partial charge in [0.1, 0.15) is 22.8 Å². The molecular formula is C18H18N6O3. The average molecular weight is 367 g/mol. The second-order valence-electron chi connectivity index (χ2n) is 6.63.